The highest BCUT2D eigenvalue weighted by Crippen LogP contribution is 2.08. The first kappa shape index (κ1) is 13.8. The summed E-state index contributed by atoms with van der Waals surface area (Å²) in [4.78, 5) is 11.0. The zero-order valence-corrected chi connectivity index (χ0v) is 9.62. The lowest BCUT2D eigenvalue weighted by Gasteiger charge is -2.12. The average Bonchev–Trinajstić information content (AvgIpc) is 2.18. The minimum absolute atomic E-state index is 0.256. The zero-order valence-electron chi connectivity index (χ0n) is 9.62. The first-order chi connectivity index (χ1) is 7.24. The molecule has 1 atom stereocenters. The van der Waals surface area contributed by atoms with Crippen molar-refractivity contribution < 1.29 is 14.3 Å². The zero-order chi connectivity index (χ0) is 11.5. The largest absolute Gasteiger partial charge is 0.508 e. The maximum atomic E-state index is 11.0. The Morgan fingerprint density at radius 1 is 1.47 bits per heavy atom. The van der Waals surface area contributed by atoms with Crippen LogP contribution in [-0.2, 0) is 9.47 Å². The fraction of sp³-hybridized carbons (Fsp3) is 0.667. The third kappa shape index (κ3) is 7.83. The topological polar surface area (TPSA) is 35.5 Å². The number of rotatable bonds is 7. The van der Waals surface area contributed by atoms with E-state index in [1.165, 1.54) is 0 Å². The number of hydrogen-bond acceptors (Lipinski definition) is 3. The molecule has 0 aromatic rings. The maximum absolute atomic E-state index is 11.0. The molecule has 0 saturated carbocycles. The van der Waals surface area contributed by atoms with Gasteiger partial charge in [-0.3, -0.25) is 0 Å². The van der Waals surface area contributed by atoms with Crippen LogP contribution in [0.15, 0.2) is 18.4 Å². The van der Waals surface area contributed by atoms with Crippen LogP contribution in [0.5, 0.6) is 0 Å². The van der Waals surface area contributed by atoms with Gasteiger partial charge in [-0.05, 0) is 25.8 Å². The lowest BCUT2D eigenvalue weighted by molar-refractivity contribution is 0.0377. The summed E-state index contributed by atoms with van der Waals surface area (Å²) in [6.07, 6.45) is 4.89. The summed E-state index contributed by atoms with van der Waals surface area (Å²) in [5.74, 6) is 0. The number of ether oxygens (including phenoxy) is 2. The van der Waals surface area contributed by atoms with Gasteiger partial charge in [0.05, 0.1) is 6.61 Å². The molecule has 0 aliphatic rings. The van der Waals surface area contributed by atoms with E-state index in [1.54, 1.807) is 13.0 Å². The molecule has 0 fully saturated rings. The summed E-state index contributed by atoms with van der Waals surface area (Å²) in [7, 11) is 0. The van der Waals surface area contributed by atoms with Crippen LogP contribution >= 0.6 is 0 Å². The summed E-state index contributed by atoms with van der Waals surface area (Å²) in [5, 5.41) is 0. The highest BCUT2D eigenvalue weighted by Gasteiger charge is 2.11. The van der Waals surface area contributed by atoms with Gasteiger partial charge in [0.1, 0.15) is 6.10 Å². The molecule has 0 bridgehead atoms. The van der Waals surface area contributed by atoms with Gasteiger partial charge in [0.2, 0.25) is 0 Å². The summed E-state index contributed by atoms with van der Waals surface area (Å²) < 4.78 is 9.75. The van der Waals surface area contributed by atoms with Crippen LogP contribution < -0.4 is 0 Å². The molecule has 0 spiro atoms. The van der Waals surface area contributed by atoms with E-state index in [4.69, 9.17) is 9.47 Å². The number of carbonyl (C=O) groups excluding carboxylic acids is 1. The minimum Gasteiger partial charge on any atom is -0.435 e. The van der Waals surface area contributed by atoms with Gasteiger partial charge in [0.25, 0.3) is 0 Å². The van der Waals surface area contributed by atoms with Crippen molar-refractivity contribution >= 4 is 6.16 Å². The monoisotopic (exact) mass is 212 g/mol. The fourth-order valence-electron chi connectivity index (χ4n) is 1.18. The lowest BCUT2D eigenvalue weighted by Crippen LogP contribution is -2.16. The molecule has 3 heteroatoms. The molecule has 0 amide bonds. The van der Waals surface area contributed by atoms with Crippen molar-refractivity contribution in [1.82, 2.24) is 0 Å². The number of hydrogen-bond donors (Lipinski definition) is 0. The lowest BCUT2D eigenvalue weighted by atomic mass is 10.1. The summed E-state index contributed by atoms with van der Waals surface area (Å²) in [5.41, 5.74) is 2.63. The van der Waals surface area contributed by atoms with Crippen molar-refractivity contribution in [3.8, 4) is 0 Å². The van der Waals surface area contributed by atoms with E-state index < -0.39 is 6.16 Å². The van der Waals surface area contributed by atoms with Crippen molar-refractivity contribution in [2.75, 3.05) is 6.61 Å². The molecule has 0 N–H and O–H groups in total. The van der Waals surface area contributed by atoms with Gasteiger partial charge in [-0.1, -0.05) is 26.3 Å². The van der Waals surface area contributed by atoms with E-state index in [0.29, 0.717) is 6.61 Å². The molecule has 0 aliphatic carbocycles. The maximum Gasteiger partial charge on any atom is 0.508 e. The highest BCUT2D eigenvalue weighted by atomic mass is 16.7. The van der Waals surface area contributed by atoms with Gasteiger partial charge in [-0.15, -0.1) is 5.73 Å². The molecule has 0 saturated heterocycles. The molecule has 3 nitrogen and oxygen atoms in total. The second kappa shape index (κ2) is 9.35. The summed E-state index contributed by atoms with van der Waals surface area (Å²) >= 11 is 0. The van der Waals surface area contributed by atoms with Gasteiger partial charge >= 0.3 is 6.16 Å². The van der Waals surface area contributed by atoms with Gasteiger partial charge in [-0.25, -0.2) is 4.79 Å². The second-order valence-electron chi connectivity index (χ2n) is 3.21. The standard InChI is InChI=1S/C12H20O3/c1-4-7-8-10-11(9-5-2)15-12(13)14-6-3/h9,11H,2,4,6-8,10H2,1,3H3. The normalized spacial score (nSPS) is 11.3. The Hall–Kier alpha value is -1.21. The molecular formula is C12H20O3. The fourth-order valence-corrected chi connectivity index (χ4v) is 1.18. The van der Waals surface area contributed by atoms with E-state index in [9.17, 15) is 4.79 Å². The molecule has 0 radical (unpaired) electrons. The molecule has 86 valence electrons. The Labute approximate surface area is 91.8 Å². The predicted octanol–water partition coefficient (Wildman–Crippen LogP) is 3.45. The van der Waals surface area contributed by atoms with E-state index in [2.05, 4.69) is 19.2 Å². The van der Waals surface area contributed by atoms with Gasteiger partial charge in [0.15, 0.2) is 0 Å². The Balaban J connectivity index is 3.92. The number of carbonyl (C=O) groups is 1. The van der Waals surface area contributed by atoms with Crippen LogP contribution in [-0.4, -0.2) is 18.9 Å². The number of unbranched alkanes of at least 4 members (excludes halogenated alkanes) is 2. The minimum atomic E-state index is -0.620. The van der Waals surface area contributed by atoms with Crippen molar-refractivity contribution in [3.05, 3.63) is 18.4 Å². The van der Waals surface area contributed by atoms with Gasteiger partial charge in [0, 0.05) is 0 Å². The highest BCUT2D eigenvalue weighted by molar-refractivity contribution is 5.60. The SMILES string of the molecule is C=C=CC(CCCCC)OC(=O)OCC. The molecule has 0 rings (SSSR count). The van der Waals surface area contributed by atoms with Crippen LogP contribution in [0, 0.1) is 0 Å². The molecule has 0 heterocycles. The van der Waals surface area contributed by atoms with Crippen LogP contribution in [0.3, 0.4) is 0 Å². The molecule has 0 aliphatic heterocycles. The van der Waals surface area contributed by atoms with Crippen LogP contribution in [0.1, 0.15) is 39.5 Å². The average molecular weight is 212 g/mol. The summed E-state index contributed by atoms with van der Waals surface area (Å²) in [6.45, 7) is 7.68. The van der Waals surface area contributed by atoms with E-state index in [1.807, 2.05) is 0 Å². The van der Waals surface area contributed by atoms with Crippen molar-refractivity contribution in [3.63, 3.8) is 0 Å². The first-order valence-corrected chi connectivity index (χ1v) is 5.43. The first-order valence-electron chi connectivity index (χ1n) is 5.43. The molecular weight excluding hydrogens is 192 g/mol. The molecule has 0 aromatic carbocycles. The third-order valence-electron chi connectivity index (χ3n) is 1.91. The van der Waals surface area contributed by atoms with E-state index in [0.717, 1.165) is 25.7 Å². The quantitative estimate of drug-likeness (QED) is 0.368. The molecule has 0 aromatic heterocycles. The summed E-state index contributed by atoms with van der Waals surface area (Å²) in [6, 6.07) is 0. The Morgan fingerprint density at radius 2 is 2.20 bits per heavy atom. The molecule has 15 heavy (non-hydrogen) atoms. The van der Waals surface area contributed by atoms with Crippen molar-refractivity contribution in [2.45, 2.75) is 45.6 Å². The Bertz CT molecular complexity index is 217. The van der Waals surface area contributed by atoms with E-state index >= 15 is 0 Å². The second-order valence-corrected chi connectivity index (χ2v) is 3.21. The van der Waals surface area contributed by atoms with E-state index in [-0.39, 0.29) is 6.10 Å². The van der Waals surface area contributed by atoms with Gasteiger partial charge < -0.3 is 9.47 Å². The Morgan fingerprint density at radius 3 is 2.73 bits per heavy atom. The third-order valence-corrected chi connectivity index (χ3v) is 1.91. The predicted molar refractivity (Wildman–Crippen MR) is 59.7 cm³/mol. The van der Waals surface area contributed by atoms with Crippen LogP contribution in [0.4, 0.5) is 4.79 Å². The molecule has 1 unspecified atom stereocenters. The Kier molecular flexibility index (Phi) is 8.59. The van der Waals surface area contributed by atoms with Crippen LogP contribution in [0.25, 0.3) is 0 Å². The van der Waals surface area contributed by atoms with Crippen molar-refractivity contribution in [1.29, 1.82) is 0 Å². The smallest absolute Gasteiger partial charge is 0.435 e. The van der Waals surface area contributed by atoms with Crippen LogP contribution in [0.2, 0.25) is 0 Å². The van der Waals surface area contributed by atoms with Crippen molar-refractivity contribution in [2.24, 2.45) is 0 Å². The van der Waals surface area contributed by atoms with Gasteiger partial charge in [-0.2, -0.15) is 0 Å².